The van der Waals surface area contributed by atoms with Gasteiger partial charge in [-0.15, -0.1) is 0 Å². The Morgan fingerprint density at radius 1 is 1.31 bits per heavy atom. The van der Waals surface area contributed by atoms with E-state index in [9.17, 15) is 0 Å². The van der Waals surface area contributed by atoms with Gasteiger partial charge < -0.3 is 16.5 Å². The molecule has 0 saturated heterocycles. The van der Waals surface area contributed by atoms with E-state index < -0.39 is 0 Å². The van der Waals surface area contributed by atoms with Crippen LogP contribution in [0, 0.1) is 0 Å². The molecule has 1 aromatic carbocycles. The number of nitrogens with two attached hydrogens (primary N) is 2. The number of nitrogens with one attached hydrogen (secondary N) is 1. The summed E-state index contributed by atoms with van der Waals surface area (Å²) in [7, 11) is 0. The monoisotopic (exact) mass is 216 g/mol. The fourth-order valence-electron chi connectivity index (χ4n) is 1.76. The van der Waals surface area contributed by atoms with Crippen LogP contribution in [0.4, 0.5) is 5.69 Å². The van der Waals surface area contributed by atoms with Gasteiger partial charge in [0.15, 0.2) is 0 Å². The molecule has 0 fully saturated rings. The fourth-order valence-corrected chi connectivity index (χ4v) is 1.76. The molecular weight excluding hydrogens is 200 g/mol. The largest absolute Gasteiger partial charge is 0.399 e. The number of nitrogen functional groups attached to an aromatic ring is 1. The minimum atomic E-state index is 0.620. The topological polar surface area (TPSA) is 80.7 Å². The quantitative estimate of drug-likeness (QED) is 0.669. The zero-order valence-corrected chi connectivity index (χ0v) is 9.11. The van der Waals surface area contributed by atoms with Crippen molar-refractivity contribution in [2.75, 3.05) is 12.3 Å². The SMILES string of the molecule is NCCc1nc[nH]c1Cc1cccc(N)c1. The van der Waals surface area contributed by atoms with Crippen LogP contribution in [0.25, 0.3) is 0 Å². The molecule has 1 aromatic heterocycles. The molecule has 0 aliphatic heterocycles. The van der Waals surface area contributed by atoms with Crippen LogP contribution >= 0.6 is 0 Å². The van der Waals surface area contributed by atoms with E-state index in [1.54, 1.807) is 6.33 Å². The molecule has 0 bridgehead atoms. The summed E-state index contributed by atoms with van der Waals surface area (Å²) >= 11 is 0. The lowest BCUT2D eigenvalue weighted by atomic mass is 10.1. The molecule has 4 heteroatoms. The van der Waals surface area contributed by atoms with Crippen molar-refractivity contribution in [3.63, 3.8) is 0 Å². The van der Waals surface area contributed by atoms with Crippen LogP contribution < -0.4 is 11.5 Å². The molecule has 1 heterocycles. The van der Waals surface area contributed by atoms with Gasteiger partial charge in [0.1, 0.15) is 0 Å². The smallest absolute Gasteiger partial charge is 0.0925 e. The maximum absolute atomic E-state index is 5.74. The first-order chi connectivity index (χ1) is 7.79. The van der Waals surface area contributed by atoms with Gasteiger partial charge in [-0.25, -0.2) is 4.98 Å². The second kappa shape index (κ2) is 4.81. The lowest BCUT2D eigenvalue weighted by Crippen LogP contribution is -2.05. The number of aromatic amines is 1. The number of H-pyrrole nitrogens is 1. The minimum Gasteiger partial charge on any atom is -0.399 e. The zero-order chi connectivity index (χ0) is 11.4. The van der Waals surface area contributed by atoms with Gasteiger partial charge in [-0.3, -0.25) is 0 Å². The molecule has 0 saturated carbocycles. The van der Waals surface area contributed by atoms with E-state index >= 15 is 0 Å². The molecule has 2 aromatic rings. The number of hydrogen-bond acceptors (Lipinski definition) is 3. The van der Waals surface area contributed by atoms with Crippen molar-refractivity contribution in [2.24, 2.45) is 5.73 Å². The number of hydrogen-bond donors (Lipinski definition) is 3. The predicted molar refractivity (Wildman–Crippen MR) is 65.0 cm³/mol. The Morgan fingerprint density at radius 2 is 2.19 bits per heavy atom. The van der Waals surface area contributed by atoms with Gasteiger partial charge in [-0.2, -0.15) is 0 Å². The average molecular weight is 216 g/mol. The van der Waals surface area contributed by atoms with Gasteiger partial charge >= 0.3 is 0 Å². The van der Waals surface area contributed by atoms with Gasteiger partial charge in [0.05, 0.1) is 12.0 Å². The van der Waals surface area contributed by atoms with Gasteiger partial charge in [-0.1, -0.05) is 12.1 Å². The number of rotatable bonds is 4. The highest BCUT2D eigenvalue weighted by atomic mass is 14.9. The molecule has 0 aliphatic carbocycles. The van der Waals surface area contributed by atoms with Crippen molar-refractivity contribution in [3.8, 4) is 0 Å². The van der Waals surface area contributed by atoms with Gasteiger partial charge in [0, 0.05) is 24.2 Å². The summed E-state index contributed by atoms with van der Waals surface area (Å²) in [6.07, 6.45) is 3.34. The molecular formula is C12H16N4. The minimum absolute atomic E-state index is 0.620. The fraction of sp³-hybridized carbons (Fsp3) is 0.250. The summed E-state index contributed by atoms with van der Waals surface area (Å²) in [4.78, 5) is 7.41. The van der Waals surface area contributed by atoms with Gasteiger partial charge in [0.25, 0.3) is 0 Å². The van der Waals surface area contributed by atoms with Crippen LogP contribution in [0.1, 0.15) is 17.0 Å². The summed E-state index contributed by atoms with van der Waals surface area (Å²) in [5.74, 6) is 0. The first-order valence-corrected chi connectivity index (χ1v) is 5.35. The second-order valence-electron chi connectivity index (χ2n) is 3.79. The third-order valence-corrected chi connectivity index (χ3v) is 2.52. The number of nitrogens with zero attached hydrogens (tertiary/aromatic N) is 1. The Kier molecular flexibility index (Phi) is 3.22. The van der Waals surface area contributed by atoms with E-state index in [1.807, 2.05) is 18.2 Å². The molecule has 0 aliphatic rings. The lowest BCUT2D eigenvalue weighted by molar-refractivity contribution is 0.910. The molecule has 2 rings (SSSR count). The molecule has 0 amide bonds. The van der Waals surface area contributed by atoms with E-state index in [-0.39, 0.29) is 0 Å². The van der Waals surface area contributed by atoms with E-state index in [4.69, 9.17) is 11.5 Å². The van der Waals surface area contributed by atoms with Crippen molar-refractivity contribution in [3.05, 3.63) is 47.5 Å². The van der Waals surface area contributed by atoms with Gasteiger partial charge in [0.2, 0.25) is 0 Å². The molecule has 0 spiro atoms. The van der Waals surface area contributed by atoms with E-state index in [1.165, 1.54) is 5.56 Å². The number of imidazole rings is 1. The van der Waals surface area contributed by atoms with Crippen LogP contribution in [-0.2, 0) is 12.8 Å². The first-order valence-electron chi connectivity index (χ1n) is 5.35. The van der Waals surface area contributed by atoms with Crippen molar-refractivity contribution in [1.82, 2.24) is 9.97 Å². The van der Waals surface area contributed by atoms with Crippen LogP contribution in [0.3, 0.4) is 0 Å². The molecule has 5 N–H and O–H groups in total. The third-order valence-electron chi connectivity index (χ3n) is 2.52. The highest BCUT2D eigenvalue weighted by Crippen LogP contribution is 2.13. The van der Waals surface area contributed by atoms with E-state index in [2.05, 4.69) is 16.0 Å². The predicted octanol–water partition coefficient (Wildman–Crippen LogP) is 1.08. The Labute approximate surface area is 94.7 Å². The molecule has 84 valence electrons. The zero-order valence-electron chi connectivity index (χ0n) is 9.11. The Morgan fingerprint density at radius 3 is 2.94 bits per heavy atom. The number of aromatic nitrogens is 2. The maximum Gasteiger partial charge on any atom is 0.0925 e. The van der Waals surface area contributed by atoms with E-state index in [0.717, 1.165) is 29.9 Å². The first kappa shape index (κ1) is 10.7. The maximum atomic E-state index is 5.74. The Balaban J connectivity index is 2.17. The van der Waals surface area contributed by atoms with Crippen LogP contribution in [0.5, 0.6) is 0 Å². The van der Waals surface area contributed by atoms with Crippen molar-refractivity contribution in [2.45, 2.75) is 12.8 Å². The summed E-state index contributed by atoms with van der Waals surface area (Å²) in [5, 5.41) is 0. The van der Waals surface area contributed by atoms with Crippen LogP contribution in [0.15, 0.2) is 30.6 Å². The summed E-state index contributed by atoms with van der Waals surface area (Å²) in [6, 6.07) is 7.89. The average Bonchev–Trinajstić information content (AvgIpc) is 2.66. The standard InChI is InChI=1S/C12H16N4/c13-5-4-11-12(16-8-15-11)7-9-2-1-3-10(14)6-9/h1-3,6,8H,4-5,7,13-14H2,(H,15,16). The van der Waals surface area contributed by atoms with Crippen LogP contribution in [-0.4, -0.2) is 16.5 Å². The second-order valence-corrected chi connectivity index (χ2v) is 3.79. The summed E-state index contributed by atoms with van der Waals surface area (Å²) in [5.41, 5.74) is 15.4. The van der Waals surface area contributed by atoms with Crippen molar-refractivity contribution >= 4 is 5.69 Å². The summed E-state index contributed by atoms with van der Waals surface area (Å²) in [6.45, 7) is 0.620. The Hall–Kier alpha value is -1.81. The number of anilines is 1. The normalized spacial score (nSPS) is 10.6. The summed E-state index contributed by atoms with van der Waals surface area (Å²) < 4.78 is 0. The third kappa shape index (κ3) is 2.41. The molecule has 16 heavy (non-hydrogen) atoms. The van der Waals surface area contributed by atoms with E-state index in [0.29, 0.717) is 6.54 Å². The highest BCUT2D eigenvalue weighted by Gasteiger charge is 2.05. The highest BCUT2D eigenvalue weighted by molar-refractivity contribution is 5.41. The van der Waals surface area contributed by atoms with Gasteiger partial charge in [-0.05, 0) is 24.2 Å². The van der Waals surface area contributed by atoms with Crippen molar-refractivity contribution < 1.29 is 0 Å². The Bertz CT molecular complexity index is 462. The molecule has 0 atom stereocenters. The van der Waals surface area contributed by atoms with Crippen molar-refractivity contribution in [1.29, 1.82) is 0 Å². The number of benzene rings is 1. The molecule has 0 radical (unpaired) electrons. The van der Waals surface area contributed by atoms with Crippen LogP contribution in [0.2, 0.25) is 0 Å². The lowest BCUT2D eigenvalue weighted by Gasteiger charge is -2.03. The molecule has 0 unspecified atom stereocenters. The molecule has 4 nitrogen and oxygen atoms in total.